The Bertz CT molecular complexity index is 1290. The zero-order valence-corrected chi connectivity index (χ0v) is 18.9. The van der Waals surface area contributed by atoms with Gasteiger partial charge in [0.15, 0.2) is 0 Å². The Morgan fingerprint density at radius 1 is 0.897 bits per heavy atom. The Balaban J connectivity index is 1.85. The first-order valence-electron chi connectivity index (χ1n) is 9.30. The van der Waals surface area contributed by atoms with E-state index in [9.17, 15) is 8.42 Å². The lowest BCUT2D eigenvalue weighted by molar-refractivity contribution is 0.587. The molecule has 0 bridgehead atoms. The molecule has 0 spiro atoms. The monoisotopic (exact) mass is 513 g/mol. The van der Waals surface area contributed by atoms with E-state index in [1.165, 1.54) is 3.97 Å². The summed E-state index contributed by atoms with van der Waals surface area (Å²) in [6, 6.07) is 24.7. The minimum Gasteiger partial charge on any atom is -0.237 e. The van der Waals surface area contributed by atoms with Crippen molar-refractivity contribution in [3.63, 3.8) is 0 Å². The summed E-state index contributed by atoms with van der Waals surface area (Å²) in [6.07, 6.45) is 4.57. The van der Waals surface area contributed by atoms with E-state index < -0.39 is 10.0 Å². The van der Waals surface area contributed by atoms with Gasteiger partial charge < -0.3 is 0 Å². The Kier molecular flexibility index (Phi) is 5.61. The highest BCUT2D eigenvalue weighted by atomic mass is 127. The van der Waals surface area contributed by atoms with E-state index in [1.54, 1.807) is 12.1 Å². The van der Waals surface area contributed by atoms with Crippen LogP contribution in [0.3, 0.4) is 0 Å². The molecule has 4 aromatic rings. The topological polar surface area (TPSA) is 39.1 Å². The van der Waals surface area contributed by atoms with Crippen LogP contribution in [-0.4, -0.2) is 12.4 Å². The number of fused-ring (bicyclic) bond motifs is 1. The second-order valence-electron chi connectivity index (χ2n) is 6.88. The Morgan fingerprint density at radius 3 is 2.28 bits per heavy atom. The number of rotatable bonds is 5. The Morgan fingerprint density at radius 2 is 1.55 bits per heavy atom. The van der Waals surface area contributed by atoms with Crippen molar-refractivity contribution in [1.82, 2.24) is 3.97 Å². The first kappa shape index (κ1) is 19.9. The van der Waals surface area contributed by atoms with Crippen LogP contribution in [0.5, 0.6) is 0 Å². The molecule has 0 aliphatic heterocycles. The number of halogens is 1. The van der Waals surface area contributed by atoms with Crippen LogP contribution in [0, 0.1) is 10.5 Å². The summed E-state index contributed by atoms with van der Waals surface area (Å²) in [5.74, 6) is 0. The molecule has 1 heterocycles. The van der Waals surface area contributed by atoms with Gasteiger partial charge in [0.1, 0.15) is 0 Å². The minimum atomic E-state index is -3.71. The van der Waals surface area contributed by atoms with Crippen LogP contribution >= 0.6 is 22.6 Å². The summed E-state index contributed by atoms with van der Waals surface area (Å²) in [4.78, 5) is 0.300. The van der Waals surface area contributed by atoms with E-state index in [0.29, 0.717) is 16.8 Å². The first-order valence-corrected chi connectivity index (χ1v) is 11.8. The van der Waals surface area contributed by atoms with Gasteiger partial charge in [0.2, 0.25) is 0 Å². The van der Waals surface area contributed by atoms with Crippen LogP contribution in [-0.2, 0) is 16.4 Å². The molecule has 0 aliphatic rings. The van der Waals surface area contributed by atoms with E-state index in [2.05, 4.69) is 22.6 Å². The maximum Gasteiger partial charge on any atom is 0.268 e. The highest BCUT2D eigenvalue weighted by molar-refractivity contribution is 14.1. The van der Waals surface area contributed by atoms with Crippen molar-refractivity contribution in [2.45, 2.75) is 18.2 Å². The smallest absolute Gasteiger partial charge is 0.237 e. The van der Waals surface area contributed by atoms with Crippen LogP contribution in [0.15, 0.2) is 89.8 Å². The number of nitrogens with zero attached hydrogens (tertiary/aromatic N) is 1. The summed E-state index contributed by atoms with van der Waals surface area (Å²) < 4.78 is 29.6. The fourth-order valence-electron chi connectivity index (χ4n) is 3.36. The lowest BCUT2D eigenvalue weighted by Crippen LogP contribution is -2.16. The van der Waals surface area contributed by atoms with Gasteiger partial charge in [-0.15, -0.1) is 0 Å². The molecule has 0 unspecified atom stereocenters. The Labute approximate surface area is 184 Å². The van der Waals surface area contributed by atoms with Crippen molar-refractivity contribution in [1.29, 1.82) is 0 Å². The molecular weight excluding hydrogens is 493 g/mol. The summed E-state index contributed by atoms with van der Waals surface area (Å²) in [7, 11) is -3.71. The van der Waals surface area contributed by atoms with Gasteiger partial charge in [0.25, 0.3) is 10.0 Å². The van der Waals surface area contributed by atoms with Crippen LogP contribution in [0.4, 0.5) is 0 Å². The molecular formula is C24H20INO2S. The maximum absolute atomic E-state index is 13.6. The molecule has 0 radical (unpaired) electrons. The number of hydrogen-bond donors (Lipinski definition) is 0. The Hall–Kier alpha value is -2.38. The van der Waals surface area contributed by atoms with Gasteiger partial charge >= 0.3 is 0 Å². The van der Waals surface area contributed by atoms with E-state index in [1.807, 2.05) is 85.8 Å². The zero-order valence-electron chi connectivity index (χ0n) is 15.9. The molecule has 3 aromatic carbocycles. The van der Waals surface area contributed by atoms with E-state index in [-0.39, 0.29) is 0 Å². The molecule has 29 heavy (non-hydrogen) atoms. The van der Waals surface area contributed by atoms with Crippen molar-refractivity contribution in [2.75, 3.05) is 0 Å². The summed E-state index contributed by atoms with van der Waals surface area (Å²) in [5, 5.41) is 0.951. The highest BCUT2D eigenvalue weighted by Gasteiger charge is 2.25. The number of benzene rings is 3. The molecule has 1 aromatic heterocycles. The van der Waals surface area contributed by atoms with Gasteiger partial charge in [-0.1, -0.05) is 78.4 Å². The number of para-hydroxylation sites is 1. The quantitative estimate of drug-likeness (QED) is 0.305. The third-order valence-electron chi connectivity index (χ3n) is 4.84. The molecule has 0 amide bonds. The number of hydrogen-bond acceptors (Lipinski definition) is 2. The van der Waals surface area contributed by atoms with Gasteiger partial charge in [-0.05, 0) is 53.3 Å². The predicted octanol–water partition coefficient (Wildman–Crippen LogP) is 6.05. The largest absolute Gasteiger partial charge is 0.268 e. The van der Waals surface area contributed by atoms with Crippen molar-refractivity contribution < 1.29 is 8.42 Å². The number of aryl methyl sites for hydroxylation is 1. The van der Waals surface area contributed by atoms with E-state index >= 15 is 0 Å². The third kappa shape index (κ3) is 3.89. The molecule has 0 fully saturated rings. The maximum atomic E-state index is 13.6. The fraction of sp³-hybridized carbons (Fsp3) is 0.0833. The third-order valence-corrected chi connectivity index (χ3v) is 7.81. The average molecular weight is 513 g/mol. The summed E-state index contributed by atoms with van der Waals surface area (Å²) in [6.45, 7) is 1.95. The van der Waals surface area contributed by atoms with Crippen LogP contribution in [0.1, 0.15) is 16.8 Å². The van der Waals surface area contributed by atoms with Crippen molar-refractivity contribution in [3.05, 3.63) is 105 Å². The molecule has 0 saturated heterocycles. The molecule has 5 heteroatoms. The van der Waals surface area contributed by atoms with Crippen molar-refractivity contribution in [3.8, 4) is 0 Å². The lowest BCUT2D eigenvalue weighted by Gasteiger charge is -2.12. The van der Waals surface area contributed by atoms with Crippen LogP contribution in [0.25, 0.3) is 17.0 Å². The summed E-state index contributed by atoms with van der Waals surface area (Å²) >= 11 is 2.26. The first-order chi connectivity index (χ1) is 14.0. The normalized spacial score (nSPS) is 12.1. The molecule has 4 rings (SSSR count). The van der Waals surface area contributed by atoms with Gasteiger partial charge in [-0.3, -0.25) is 0 Å². The van der Waals surface area contributed by atoms with Crippen molar-refractivity contribution in [2.24, 2.45) is 0 Å². The van der Waals surface area contributed by atoms with Gasteiger partial charge in [-0.2, -0.15) is 0 Å². The predicted molar refractivity (Wildman–Crippen MR) is 128 cm³/mol. The second-order valence-corrected chi connectivity index (χ2v) is 9.74. The van der Waals surface area contributed by atoms with Gasteiger partial charge in [-0.25, -0.2) is 12.4 Å². The van der Waals surface area contributed by atoms with Crippen LogP contribution in [0.2, 0.25) is 0 Å². The average Bonchev–Trinajstić information content (AvgIpc) is 3.02. The second kappa shape index (κ2) is 8.16. The van der Waals surface area contributed by atoms with Gasteiger partial charge in [0, 0.05) is 15.4 Å². The lowest BCUT2D eigenvalue weighted by atomic mass is 10.2. The SMILES string of the molecule is Cc1ccc(S(=O)(=O)n2c(C/C=C/c3ccccc3)c(I)c3ccccc32)cc1. The minimum absolute atomic E-state index is 0.300. The molecule has 0 aliphatic carbocycles. The summed E-state index contributed by atoms with van der Waals surface area (Å²) in [5.41, 5.74) is 3.61. The van der Waals surface area contributed by atoms with Gasteiger partial charge in [0.05, 0.1) is 16.1 Å². The molecule has 0 N–H and O–H groups in total. The number of allylic oxidation sites excluding steroid dienone is 1. The van der Waals surface area contributed by atoms with Crippen molar-refractivity contribution >= 4 is 49.6 Å². The molecule has 146 valence electrons. The molecule has 0 atom stereocenters. The number of aromatic nitrogens is 1. The molecule has 0 saturated carbocycles. The molecule has 3 nitrogen and oxygen atoms in total. The zero-order chi connectivity index (χ0) is 20.4. The fourth-order valence-corrected chi connectivity index (χ4v) is 6.01. The van der Waals surface area contributed by atoms with E-state index in [4.69, 9.17) is 0 Å². The van der Waals surface area contributed by atoms with E-state index in [0.717, 1.165) is 25.8 Å². The van der Waals surface area contributed by atoms with Crippen LogP contribution < -0.4 is 0 Å². The highest BCUT2D eigenvalue weighted by Crippen LogP contribution is 2.32. The standard InChI is InChI=1S/C24H20INO2S/c1-18-14-16-20(17-15-18)29(27,28)26-22-12-6-5-11-21(22)24(25)23(26)13-7-10-19-8-3-2-4-9-19/h2-12,14-17H,13H2,1H3/b10-7+.